The van der Waals surface area contributed by atoms with Crippen LogP contribution in [-0.4, -0.2) is 101 Å². The highest BCUT2D eigenvalue weighted by atomic mass is 16.5. The number of guanidine groups is 1. The lowest BCUT2D eigenvalue weighted by Crippen LogP contribution is -2.59. The van der Waals surface area contributed by atoms with Gasteiger partial charge in [-0.25, -0.2) is 0 Å². The molecule has 0 fully saturated rings. The fourth-order valence-corrected chi connectivity index (χ4v) is 10.1. The van der Waals surface area contributed by atoms with Crippen molar-refractivity contribution in [3.8, 4) is 5.75 Å². The molecule has 20 nitrogen and oxygen atoms in total. The average Bonchev–Trinajstić information content (AvgIpc) is 4.24. The molecule has 1 aliphatic carbocycles. The summed E-state index contributed by atoms with van der Waals surface area (Å²) in [7, 11) is 0. The molecule has 8 rings (SSSR count). The van der Waals surface area contributed by atoms with Crippen molar-refractivity contribution in [3.63, 3.8) is 0 Å². The zero-order chi connectivity index (χ0) is 55.8. The molecular weight excluding hydrogens is 1000 g/mol. The molecule has 4 aromatic carbocycles. The lowest BCUT2D eigenvalue weighted by Gasteiger charge is -2.32. The maximum absolute atomic E-state index is 15.0. The molecule has 0 bridgehead atoms. The molecule has 20 heteroatoms. The summed E-state index contributed by atoms with van der Waals surface area (Å²) >= 11 is 0. The van der Waals surface area contributed by atoms with E-state index in [0.717, 1.165) is 49.6 Å². The predicted molar refractivity (Wildman–Crippen MR) is 309 cm³/mol. The van der Waals surface area contributed by atoms with Gasteiger partial charge in [-0.2, -0.15) is 0 Å². The minimum atomic E-state index is -1.28. The van der Waals surface area contributed by atoms with Crippen molar-refractivity contribution in [1.82, 2.24) is 36.6 Å². The zero-order valence-electron chi connectivity index (χ0n) is 44.1. The number of hydrogen-bond acceptors (Lipinski definition) is 11. The van der Waals surface area contributed by atoms with Crippen molar-refractivity contribution in [2.24, 2.45) is 33.7 Å². The van der Waals surface area contributed by atoms with Crippen LogP contribution in [0.5, 0.6) is 5.75 Å². The highest BCUT2D eigenvalue weighted by molar-refractivity contribution is 5.97. The number of nitrogen functional groups attached to an aromatic ring is 1. The Morgan fingerprint density at radius 3 is 1.72 bits per heavy atom. The van der Waals surface area contributed by atoms with E-state index >= 15 is 0 Å². The fraction of sp³-hybridized carbons (Fsp3) is 0.322. The molecule has 19 N–H and O–H groups in total. The van der Waals surface area contributed by atoms with E-state index in [-0.39, 0.29) is 44.6 Å². The summed E-state index contributed by atoms with van der Waals surface area (Å²) in [6, 6.07) is 25.1. The van der Waals surface area contributed by atoms with Gasteiger partial charge in [0.05, 0.1) is 0 Å². The topological polar surface area (TPSA) is 355 Å². The second kappa shape index (κ2) is 26.9. The number of para-hydroxylation sites is 2. The minimum Gasteiger partial charge on any atom is -0.481 e. The third-order valence-electron chi connectivity index (χ3n) is 14.2. The number of hydrogen-bond donors (Lipinski definition) is 13. The number of ether oxygens (including phenoxy) is 1. The van der Waals surface area contributed by atoms with Crippen molar-refractivity contribution in [2.45, 2.75) is 101 Å². The number of nitrogens with one attached hydrogen (secondary N) is 7. The number of amides is 5. The number of primary amides is 1. The summed E-state index contributed by atoms with van der Waals surface area (Å²) in [4.78, 5) is 82.3. The molecule has 0 saturated heterocycles. The van der Waals surface area contributed by atoms with Crippen LogP contribution in [0, 0.1) is 0 Å². The van der Waals surface area contributed by atoms with Crippen LogP contribution < -0.4 is 65.7 Å². The number of aromatic nitrogens is 2. The number of unbranched alkanes of at least 4 members (excludes halogenated alkanes) is 2. The standard InChI is InChI=1S/C59H72N14O6/c60-26-10-8-19-46(54(63)74)70-57(77)49(29-36-33-67-44-17-6-4-15-40(36)44)73-58(78)50(30-37-34-68-45-18-7-5-16-41(37)45)72-56(76)48(20-9-11-27-61)71-55(75)47(21-12-28-66-59(64)65)69-39-23-25-43-52(32-39)79-51-31-38(62)22-24-42(51)53(43)35-13-2-1-3-14-35/h1-7,13-18,22-25,31-34,46-50,52,67-69H,8-12,19-21,26-30,60-62H2,(H2,63,74)(H,70,77)(H,71,75)(H,72,76)(H,73,78)(H4,64,65,66)/t46-,47-,48-,49-,50-,52?/m0/s1. The van der Waals surface area contributed by atoms with E-state index in [9.17, 15) is 24.0 Å². The zero-order valence-corrected chi connectivity index (χ0v) is 44.1. The first-order valence-electron chi connectivity index (χ1n) is 26.9. The largest absolute Gasteiger partial charge is 0.481 e. The number of benzene rings is 4. The van der Waals surface area contributed by atoms with Crippen molar-refractivity contribution < 1.29 is 28.7 Å². The lowest BCUT2D eigenvalue weighted by atomic mass is 9.85. The van der Waals surface area contributed by atoms with E-state index in [0.29, 0.717) is 67.9 Å². The maximum atomic E-state index is 15.0. The molecule has 1 unspecified atom stereocenters. The van der Waals surface area contributed by atoms with Gasteiger partial charge in [-0.1, -0.05) is 72.8 Å². The van der Waals surface area contributed by atoms with Crippen molar-refractivity contribution in [2.75, 3.05) is 25.4 Å². The van der Waals surface area contributed by atoms with Gasteiger partial charge in [-0.3, -0.25) is 29.0 Å². The average molecular weight is 1070 g/mol. The Kier molecular flexibility index (Phi) is 19.2. The SMILES string of the molecule is NCCCC[C@H](NC(=O)[C@H](Cc1c[nH]c2ccccc12)NC(=O)[C@H](Cc1c[nH]c2ccccc12)NC(=O)[C@H](CCCCN)NC(=O)[C@H](CCCN=C(N)N)NC1=CC2Oc3cc(N)ccc3C(c3ccccc3)=C2C=C1)C(N)=O. The summed E-state index contributed by atoms with van der Waals surface area (Å²) in [6.07, 6.45) is 12.0. The minimum absolute atomic E-state index is 0.00628. The molecule has 6 atom stereocenters. The Balaban J connectivity index is 1.07. The van der Waals surface area contributed by atoms with Crippen LogP contribution >= 0.6 is 0 Å². The van der Waals surface area contributed by atoms with E-state index in [1.807, 2.05) is 109 Å². The van der Waals surface area contributed by atoms with Crippen LogP contribution in [0.2, 0.25) is 0 Å². The van der Waals surface area contributed by atoms with E-state index < -0.39 is 65.8 Å². The summed E-state index contributed by atoms with van der Waals surface area (Å²) < 4.78 is 6.56. The van der Waals surface area contributed by atoms with Crippen LogP contribution in [0.1, 0.15) is 73.6 Å². The fourth-order valence-electron chi connectivity index (χ4n) is 10.1. The lowest BCUT2D eigenvalue weighted by molar-refractivity contribution is -0.134. The quantitative estimate of drug-likeness (QED) is 0.0146. The second-order valence-electron chi connectivity index (χ2n) is 19.9. The molecule has 6 aromatic rings. The Hall–Kier alpha value is -8.88. The first-order valence-corrected chi connectivity index (χ1v) is 26.9. The Bertz CT molecular complexity index is 3250. The van der Waals surface area contributed by atoms with Crippen molar-refractivity contribution >= 4 is 68.6 Å². The third-order valence-corrected chi connectivity index (χ3v) is 14.2. The van der Waals surface area contributed by atoms with Crippen LogP contribution in [0.4, 0.5) is 5.69 Å². The molecule has 3 heterocycles. The maximum Gasteiger partial charge on any atom is 0.243 e. The number of anilines is 1. The van der Waals surface area contributed by atoms with E-state index in [1.54, 1.807) is 18.5 Å². The Morgan fingerprint density at radius 2 is 1.13 bits per heavy atom. The molecule has 414 valence electrons. The molecule has 1 aliphatic heterocycles. The molecular formula is C59H72N14O6. The van der Waals surface area contributed by atoms with Gasteiger partial charge < -0.3 is 75.7 Å². The number of allylic oxidation sites excluding steroid dienone is 1. The van der Waals surface area contributed by atoms with Crippen LogP contribution in [-0.2, 0) is 36.8 Å². The third kappa shape index (κ3) is 14.6. The first kappa shape index (κ1) is 56.3. The smallest absolute Gasteiger partial charge is 0.243 e. The molecule has 5 amide bonds. The van der Waals surface area contributed by atoms with Crippen LogP contribution in [0.15, 0.2) is 144 Å². The predicted octanol–water partition coefficient (Wildman–Crippen LogP) is 3.43. The van der Waals surface area contributed by atoms with Gasteiger partial charge in [0, 0.05) is 82.2 Å². The number of aromatic amines is 2. The molecule has 79 heavy (non-hydrogen) atoms. The molecule has 2 aliphatic rings. The summed E-state index contributed by atoms with van der Waals surface area (Å²) in [5, 5.41) is 16.8. The van der Waals surface area contributed by atoms with Gasteiger partial charge in [0.25, 0.3) is 0 Å². The number of aliphatic imine (C=N–C) groups is 1. The van der Waals surface area contributed by atoms with E-state index in [4.69, 9.17) is 39.1 Å². The number of carbonyl (C=O) groups excluding carboxylic acids is 5. The Morgan fingerprint density at radius 1 is 0.595 bits per heavy atom. The van der Waals surface area contributed by atoms with Gasteiger partial charge in [0.15, 0.2) is 5.96 Å². The first-order chi connectivity index (χ1) is 38.3. The van der Waals surface area contributed by atoms with Gasteiger partial charge in [-0.05, 0) is 123 Å². The highest BCUT2D eigenvalue weighted by Crippen LogP contribution is 2.43. The molecule has 0 saturated carbocycles. The summed E-state index contributed by atoms with van der Waals surface area (Å²) in [5.74, 6) is -2.66. The molecule has 0 spiro atoms. The van der Waals surface area contributed by atoms with Crippen LogP contribution in [0.25, 0.3) is 27.4 Å². The summed E-state index contributed by atoms with van der Waals surface area (Å²) in [6.45, 7) is 0.976. The van der Waals surface area contributed by atoms with E-state index in [1.165, 1.54) is 0 Å². The molecule has 2 aromatic heterocycles. The van der Waals surface area contributed by atoms with Gasteiger partial charge in [0.1, 0.15) is 42.1 Å². The van der Waals surface area contributed by atoms with Crippen LogP contribution in [0.3, 0.4) is 0 Å². The summed E-state index contributed by atoms with van der Waals surface area (Å²) in [5.41, 5.74) is 43.1. The number of nitrogens with two attached hydrogens (primary N) is 6. The van der Waals surface area contributed by atoms with Gasteiger partial charge in [-0.15, -0.1) is 0 Å². The van der Waals surface area contributed by atoms with Gasteiger partial charge in [0.2, 0.25) is 29.5 Å². The second-order valence-corrected chi connectivity index (χ2v) is 19.9. The normalized spacial score (nSPS) is 15.5. The van der Waals surface area contributed by atoms with E-state index in [2.05, 4.69) is 41.5 Å². The van der Waals surface area contributed by atoms with Gasteiger partial charge >= 0.3 is 0 Å². The Labute approximate surface area is 458 Å². The number of nitrogens with zero attached hydrogens (tertiary/aromatic N) is 1. The van der Waals surface area contributed by atoms with Crippen molar-refractivity contribution in [1.29, 1.82) is 0 Å². The highest BCUT2D eigenvalue weighted by Gasteiger charge is 2.35. The number of H-pyrrole nitrogens is 2. The number of rotatable bonds is 28. The monoisotopic (exact) mass is 1070 g/mol. The number of fused-ring (bicyclic) bond motifs is 4. The molecule has 0 radical (unpaired) electrons. The van der Waals surface area contributed by atoms with Crippen molar-refractivity contribution in [3.05, 3.63) is 161 Å². The number of carbonyl (C=O) groups is 5.